The smallest absolute Gasteiger partial charge is 0.759 e. The molecule has 0 rings (SSSR count). The molecule has 0 amide bonds. The van der Waals surface area contributed by atoms with Crippen LogP contribution in [0.15, 0.2) is 0 Å². The van der Waals surface area contributed by atoms with Crippen LogP contribution in [0.4, 0.5) is 0 Å². The summed E-state index contributed by atoms with van der Waals surface area (Å²) in [6, 6.07) is 0. The van der Waals surface area contributed by atoms with Crippen molar-refractivity contribution in [3.63, 3.8) is 0 Å². The summed E-state index contributed by atoms with van der Waals surface area (Å²) in [6.07, 6.45) is 0. The molecule has 0 spiro atoms. The molecule has 0 saturated heterocycles. The topological polar surface area (TPSA) is 143 Å². The SMILES string of the molecule is O.O.O=S(=O)([O-])[O-].[U+2]. The summed E-state index contributed by atoms with van der Waals surface area (Å²) in [7, 11) is -5.17. The van der Waals surface area contributed by atoms with Gasteiger partial charge in [-0.05, 0) is 0 Å². The van der Waals surface area contributed by atoms with Gasteiger partial charge in [-0.3, -0.25) is 8.42 Å². The molecule has 0 aliphatic rings. The van der Waals surface area contributed by atoms with Crippen LogP contribution in [0.2, 0.25) is 0 Å². The molecule has 0 atom stereocenters. The largest absolute Gasteiger partial charge is 2.00 e. The van der Waals surface area contributed by atoms with Gasteiger partial charge in [-0.2, -0.15) is 0 Å². The summed E-state index contributed by atoms with van der Waals surface area (Å²) >= 11 is 0. The third-order valence-electron chi connectivity index (χ3n) is 0. The van der Waals surface area contributed by atoms with E-state index in [1.165, 1.54) is 0 Å². The van der Waals surface area contributed by atoms with Gasteiger partial charge >= 0.3 is 31.1 Å². The van der Waals surface area contributed by atoms with E-state index in [0.717, 1.165) is 0 Å². The van der Waals surface area contributed by atoms with Crippen LogP contribution in [0.5, 0.6) is 0 Å². The van der Waals surface area contributed by atoms with E-state index in [2.05, 4.69) is 0 Å². The van der Waals surface area contributed by atoms with E-state index in [4.69, 9.17) is 17.5 Å². The van der Waals surface area contributed by atoms with E-state index in [0.29, 0.717) is 0 Å². The first-order valence-corrected chi connectivity index (χ1v) is 2.00. The molecule has 0 unspecified atom stereocenters. The second-order valence-electron chi connectivity index (χ2n) is 0.408. The Bertz CT molecular complexity index is 91.7. The van der Waals surface area contributed by atoms with E-state index >= 15 is 0 Å². The van der Waals surface area contributed by atoms with Gasteiger partial charge in [-0.1, -0.05) is 0 Å². The third-order valence-corrected chi connectivity index (χ3v) is 0. The summed E-state index contributed by atoms with van der Waals surface area (Å²) in [5.41, 5.74) is 0. The molecule has 0 radical (unpaired) electrons. The monoisotopic (exact) mass is 370 g/mol. The third kappa shape index (κ3) is 329. The van der Waals surface area contributed by atoms with Gasteiger partial charge in [0.2, 0.25) is 0 Å². The average Bonchev–Trinajstić information content (AvgIpc) is 0.722. The fraction of sp³-hybridized carbons (Fsp3) is 0. The Kier molecular flexibility index (Phi) is 22.7. The van der Waals surface area contributed by atoms with Gasteiger partial charge in [0.25, 0.3) is 0 Å². The van der Waals surface area contributed by atoms with Gasteiger partial charge < -0.3 is 20.1 Å². The van der Waals surface area contributed by atoms with Crippen LogP contribution >= 0.6 is 0 Å². The molecule has 0 aromatic rings. The van der Waals surface area contributed by atoms with Crippen LogP contribution in [-0.4, -0.2) is 28.5 Å². The standard InChI is InChI=1S/H2O4S.2H2O.U/c1-5(2,3)4;;;/h(H2,1,2,3,4);2*1H2;/q;;;+2/p-2. The summed E-state index contributed by atoms with van der Waals surface area (Å²) < 4.78 is 34.1. The molecule has 0 heterocycles. The Morgan fingerprint density at radius 1 is 1.00 bits per heavy atom. The summed E-state index contributed by atoms with van der Waals surface area (Å²) in [6.45, 7) is 0. The van der Waals surface area contributed by atoms with Crippen molar-refractivity contribution in [2.75, 3.05) is 0 Å². The minimum absolute atomic E-state index is 0. The zero-order valence-electron chi connectivity index (χ0n) is 3.54. The Labute approximate surface area is 69.8 Å². The molecule has 0 aromatic heterocycles. The molecule has 0 bridgehead atoms. The maximum atomic E-state index is 8.52. The minimum atomic E-state index is -5.17. The van der Waals surface area contributed by atoms with Crippen molar-refractivity contribution in [3.05, 3.63) is 0 Å². The fourth-order valence-electron chi connectivity index (χ4n) is 0. The van der Waals surface area contributed by atoms with Gasteiger partial charge in [-0.25, -0.2) is 0 Å². The van der Waals surface area contributed by atoms with Gasteiger partial charge in [-0.15, -0.1) is 0 Å². The van der Waals surface area contributed by atoms with Crippen molar-refractivity contribution >= 4 is 10.4 Å². The van der Waals surface area contributed by atoms with Crippen LogP contribution in [0.1, 0.15) is 0 Å². The zero-order valence-corrected chi connectivity index (χ0v) is 8.52. The quantitative estimate of drug-likeness (QED) is 0.331. The molecule has 4 N–H and O–H groups in total. The van der Waals surface area contributed by atoms with Crippen molar-refractivity contribution in [2.24, 2.45) is 0 Å². The Balaban J connectivity index is -0.0000000267. The molecule has 0 aromatic carbocycles. The number of hydrogen-bond acceptors (Lipinski definition) is 4. The van der Waals surface area contributed by atoms with Crippen molar-refractivity contribution in [1.82, 2.24) is 0 Å². The second kappa shape index (κ2) is 7.84. The zero-order chi connectivity index (χ0) is 4.50. The van der Waals surface area contributed by atoms with Gasteiger partial charge in [0.05, 0.1) is 0 Å². The molecule has 0 fully saturated rings. The maximum absolute atomic E-state index is 8.52. The molecule has 8 heavy (non-hydrogen) atoms. The van der Waals surface area contributed by atoms with Crippen molar-refractivity contribution in [3.8, 4) is 0 Å². The molecule has 6 nitrogen and oxygen atoms in total. The first-order chi connectivity index (χ1) is 2.00. The molecule has 0 aliphatic carbocycles. The molecular formula is H4O6SU. The minimum Gasteiger partial charge on any atom is -0.759 e. The van der Waals surface area contributed by atoms with Gasteiger partial charge in [0.1, 0.15) is 0 Å². The molecule has 50 valence electrons. The second-order valence-corrected chi connectivity index (χ2v) is 1.22. The van der Waals surface area contributed by atoms with Crippen LogP contribution in [0.3, 0.4) is 0 Å². The summed E-state index contributed by atoms with van der Waals surface area (Å²) in [4.78, 5) is 0. The van der Waals surface area contributed by atoms with Gasteiger partial charge in [0.15, 0.2) is 0 Å². The first-order valence-electron chi connectivity index (χ1n) is 0.667. The molecule has 8 heteroatoms. The molecule has 0 aliphatic heterocycles. The van der Waals surface area contributed by atoms with Crippen LogP contribution in [-0.2, 0) is 10.4 Å². The van der Waals surface area contributed by atoms with Crippen molar-refractivity contribution < 1.29 is 59.6 Å². The molecule has 0 saturated carbocycles. The van der Waals surface area contributed by atoms with E-state index in [1.54, 1.807) is 0 Å². The van der Waals surface area contributed by atoms with Crippen LogP contribution < -0.4 is 0 Å². The molecular weight excluding hydrogens is 366 g/mol. The van der Waals surface area contributed by atoms with Gasteiger partial charge in [0, 0.05) is 10.4 Å². The number of rotatable bonds is 0. The maximum Gasteiger partial charge on any atom is 2.00 e. The van der Waals surface area contributed by atoms with E-state index in [-0.39, 0.29) is 42.1 Å². The number of hydrogen-bond donors (Lipinski definition) is 0. The van der Waals surface area contributed by atoms with E-state index in [1.807, 2.05) is 0 Å². The van der Waals surface area contributed by atoms with E-state index in [9.17, 15) is 0 Å². The Morgan fingerprint density at radius 2 is 1.00 bits per heavy atom. The van der Waals surface area contributed by atoms with Crippen molar-refractivity contribution in [1.29, 1.82) is 0 Å². The normalized spacial score (nSPS) is 7.25. The Morgan fingerprint density at radius 3 is 1.00 bits per heavy atom. The average molecular weight is 370 g/mol. The predicted octanol–water partition coefficient (Wildman–Crippen LogP) is -2.99. The Hall–Kier alpha value is 0.842. The van der Waals surface area contributed by atoms with Crippen molar-refractivity contribution in [2.45, 2.75) is 0 Å². The fourth-order valence-corrected chi connectivity index (χ4v) is 0. The van der Waals surface area contributed by atoms with E-state index < -0.39 is 10.4 Å². The van der Waals surface area contributed by atoms with Crippen LogP contribution in [0.25, 0.3) is 0 Å². The first kappa shape index (κ1) is 23.2. The summed E-state index contributed by atoms with van der Waals surface area (Å²) in [5, 5.41) is 0. The predicted molar refractivity (Wildman–Crippen MR) is 17.7 cm³/mol. The van der Waals surface area contributed by atoms with Crippen LogP contribution in [0, 0.1) is 31.1 Å². The summed E-state index contributed by atoms with van der Waals surface area (Å²) in [5.74, 6) is 0.